The van der Waals surface area contributed by atoms with Crippen LogP contribution in [0, 0.1) is 12.8 Å². The summed E-state index contributed by atoms with van der Waals surface area (Å²) in [5.74, 6) is -3.57. The van der Waals surface area contributed by atoms with Gasteiger partial charge in [0, 0.05) is 30.4 Å². The highest BCUT2D eigenvalue weighted by Gasteiger charge is 2.43. The molecule has 37 heavy (non-hydrogen) atoms. The quantitative estimate of drug-likeness (QED) is 0.389. The second-order valence-electron chi connectivity index (χ2n) is 9.79. The fourth-order valence-corrected chi connectivity index (χ4v) is 4.81. The minimum Gasteiger partial charge on any atom is -0.377 e. The molecule has 0 atom stereocenters. The third-order valence-corrected chi connectivity index (χ3v) is 7.49. The van der Waals surface area contributed by atoms with Gasteiger partial charge < -0.3 is 20.7 Å². The molecule has 0 radical (unpaired) electrons. The average molecular weight is 531 g/mol. The van der Waals surface area contributed by atoms with Crippen LogP contribution in [-0.4, -0.2) is 52.7 Å². The highest BCUT2D eigenvalue weighted by molar-refractivity contribution is 6.35. The number of benzene rings is 1. The third-order valence-electron chi connectivity index (χ3n) is 7.01. The van der Waals surface area contributed by atoms with E-state index in [2.05, 4.69) is 25.9 Å². The summed E-state index contributed by atoms with van der Waals surface area (Å²) in [6.07, 6.45) is 5.97. The summed E-state index contributed by atoms with van der Waals surface area (Å²) in [5.41, 5.74) is 1.27. The monoisotopic (exact) mass is 530 g/mol. The lowest BCUT2D eigenvalue weighted by atomic mass is 9.86. The summed E-state index contributed by atoms with van der Waals surface area (Å²) >= 11 is 6.45. The number of aromatic nitrogens is 3. The zero-order chi connectivity index (χ0) is 26.0. The molecule has 5 rings (SSSR count). The molecule has 2 fully saturated rings. The molecule has 1 aromatic carbocycles. The van der Waals surface area contributed by atoms with Crippen LogP contribution in [-0.2, 0) is 15.5 Å². The predicted octanol–water partition coefficient (Wildman–Crippen LogP) is 4.68. The van der Waals surface area contributed by atoms with E-state index in [1.165, 1.54) is 0 Å². The average Bonchev–Trinajstić information content (AvgIpc) is 2.88. The number of nitrogens with one attached hydrogen (secondary N) is 3. The molecule has 1 saturated carbocycles. The number of fused-ring (bicyclic) bond motifs is 1. The van der Waals surface area contributed by atoms with E-state index in [9.17, 15) is 13.6 Å². The molecular formula is C26H29ClF2N6O2. The molecule has 1 aliphatic carbocycles. The molecule has 3 aromatic rings. The molecule has 0 spiro atoms. The number of anilines is 2. The fraction of sp³-hybridized carbons (Fsp3) is 0.462. The summed E-state index contributed by atoms with van der Waals surface area (Å²) < 4.78 is 33.7. The number of halogens is 3. The van der Waals surface area contributed by atoms with Gasteiger partial charge in [-0.3, -0.25) is 4.79 Å². The molecule has 3 N–H and O–H groups in total. The number of ether oxygens (including phenoxy) is 1. The van der Waals surface area contributed by atoms with Gasteiger partial charge in [0.2, 0.25) is 5.95 Å². The van der Waals surface area contributed by atoms with Gasteiger partial charge in [-0.2, -0.15) is 8.78 Å². The van der Waals surface area contributed by atoms with Crippen molar-refractivity contribution in [2.75, 3.05) is 30.4 Å². The van der Waals surface area contributed by atoms with E-state index in [0.29, 0.717) is 23.5 Å². The van der Waals surface area contributed by atoms with Crippen LogP contribution in [0.1, 0.15) is 36.8 Å². The normalized spacial score (nSPS) is 20.3. The lowest BCUT2D eigenvalue weighted by Crippen LogP contribution is -2.52. The zero-order valence-electron chi connectivity index (χ0n) is 20.4. The van der Waals surface area contributed by atoms with Crippen LogP contribution in [0.15, 0.2) is 36.7 Å². The third kappa shape index (κ3) is 5.75. The first-order chi connectivity index (χ1) is 17.8. The van der Waals surface area contributed by atoms with E-state index < -0.39 is 17.4 Å². The Bertz CT molecular complexity index is 1260. The Morgan fingerprint density at radius 2 is 1.78 bits per heavy atom. The molecule has 0 bridgehead atoms. The number of nitrogens with zero attached hydrogens (tertiary/aromatic N) is 3. The molecule has 3 heterocycles. The zero-order valence-corrected chi connectivity index (χ0v) is 21.2. The van der Waals surface area contributed by atoms with Crippen LogP contribution >= 0.6 is 11.6 Å². The van der Waals surface area contributed by atoms with Gasteiger partial charge in [-0.15, -0.1) is 0 Å². The summed E-state index contributed by atoms with van der Waals surface area (Å²) in [6, 6.07) is 7.98. The van der Waals surface area contributed by atoms with E-state index >= 15 is 0 Å². The maximum Gasteiger partial charge on any atom is 0.352 e. The highest BCUT2D eigenvalue weighted by Crippen LogP contribution is 2.30. The van der Waals surface area contributed by atoms with Crippen molar-refractivity contribution < 1.29 is 18.3 Å². The van der Waals surface area contributed by atoms with Gasteiger partial charge in [0.05, 0.1) is 35.4 Å². The van der Waals surface area contributed by atoms with Crippen molar-refractivity contribution in [3.05, 3.63) is 52.8 Å². The molecule has 0 unspecified atom stereocenters. The number of pyridine rings is 1. The number of rotatable bonds is 8. The molecule has 1 amide bonds. The van der Waals surface area contributed by atoms with Crippen LogP contribution in [0.3, 0.4) is 0 Å². The summed E-state index contributed by atoms with van der Waals surface area (Å²) in [5, 5.41) is 10.6. The molecule has 11 heteroatoms. The Balaban J connectivity index is 1.09. The number of hydrogen-bond donors (Lipinski definition) is 3. The number of carbonyl (C=O) groups is 1. The van der Waals surface area contributed by atoms with E-state index in [4.69, 9.17) is 21.3 Å². The number of carbonyl (C=O) groups excluding carboxylic acids is 1. The fourth-order valence-electron chi connectivity index (χ4n) is 4.60. The maximum absolute atomic E-state index is 14.4. The SMILES string of the molecule is Cc1ccc2ccc(N[C@H]3CC[C@H](CNc4ncc(C(F)(F)C(=O)NC5COC5)cn4)CC3)nc2c1Cl. The molecular weight excluding hydrogens is 502 g/mol. The Morgan fingerprint density at radius 3 is 2.46 bits per heavy atom. The highest BCUT2D eigenvalue weighted by atomic mass is 35.5. The van der Waals surface area contributed by atoms with Crippen LogP contribution in [0.25, 0.3) is 10.9 Å². The smallest absolute Gasteiger partial charge is 0.352 e. The van der Waals surface area contributed by atoms with Crippen LogP contribution in [0.5, 0.6) is 0 Å². The standard InChI is InChI=1S/C26H29ClF2N6O2/c1-15-2-5-17-6-9-21(35-23(17)22(15)27)33-19-7-3-16(4-8-19)10-30-25-31-11-18(12-32-25)26(28,29)24(36)34-20-13-37-14-20/h2,5-6,9,11-12,16,19-20H,3-4,7-8,10,13-14H2,1H3,(H,33,35)(H,34,36)(H,30,31,32)/t16-,19-. The number of hydrogen-bond acceptors (Lipinski definition) is 7. The number of alkyl halides is 2. The summed E-state index contributed by atoms with van der Waals surface area (Å²) in [6.45, 7) is 3.11. The lowest BCUT2D eigenvalue weighted by molar-refractivity contribution is -0.151. The number of aryl methyl sites for hydroxylation is 1. The van der Waals surface area contributed by atoms with Crippen molar-refractivity contribution in [3.8, 4) is 0 Å². The first kappa shape index (κ1) is 25.5. The summed E-state index contributed by atoms with van der Waals surface area (Å²) in [4.78, 5) is 24.6. The Kier molecular flexibility index (Phi) is 7.39. The molecule has 196 valence electrons. The second-order valence-corrected chi connectivity index (χ2v) is 10.2. The Hall–Kier alpha value is -3.11. The molecule has 8 nitrogen and oxygen atoms in total. The minimum atomic E-state index is -3.70. The van der Waals surface area contributed by atoms with Crippen molar-refractivity contribution in [1.29, 1.82) is 0 Å². The number of amides is 1. The van der Waals surface area contributed by atoms with Crippen LogP contribution < -0.4 is 16.0 Å². The predicted molar refractivity (Wildman–Crippen MR) is 138 cm³/mol. The van der Waals surface area contributed by atoms with Crippen molar-refractivity contribution in [2.45, 2.75) is 50.6 Å². The second kappa shape index (κ2) is 10.7. The van der Waals surface area contributed by atoms with Gasteiger partial charge in [-0.1, -0.05) is 23.7 Å². The van der Waals surface area contributed by atoms with Crippen LogP contribution in [0.4, 0.5) is 20.5 Å². The maximum atomic E-state index is 14.4. The molecule has 2 aromatic heterocycles. The van der Waals surface area contributed by atoms with Gasteiger partial charge in [0.15, 0.2) is 0 Å². The van der Waals surface area contributed by atoms with Crippen molar-refractivity contribution >= 4 is 40.2 Å². The van der Waals surface area contributed by atoms with E-state index in [0.717, 1.165) is 60.4 Å². The molecule has 1 saturated heterocycles. The molecule has 2 aliphatic rings. The van der Waals surface area contributed by atoms with Crippen LogP contribution in [0.2, 0.25) is 5.02 Å². The van der Waals surface area contributed by atoms with E-state index in [-0.39, 0.29) is 25.2 Å². The van der Waals surface area contributed by atoms with Crippen molar-refractivity contribution in [1.82, 2.24) is 20.3 Å². The molecule has 1 aliphatic heterocycles. The Morgan fingerprint density at radius 1 is 1.08 bits per heavy atom. The van der Waals surface area contributed by atoms with Gasteiger partial charge >= 0.3 is 5.92 Å². The topological polar surface area (TPSA) is 101 Å². The first-order valence-corrected chi connectivity index (χ1v) is 12.8. The van der Waals surface area contributed by atoms with Gasteiger partial charge in [-0.25, -0.2) is 15.0 Å². The van der Waals surface area contributed by atoms with Gasteiger partial charge in [0.1, 0.15) is 5.82 Å². The minimum absolute atomic E-state index is 0.244. The van der Waals surface area contributed by atoms with E-state index in [1.807, 2.05) is 31.2 Å². The van der Waals surface area contributed by atoms with Gasteiger partial charge in [-0.05, 0) is 56.2 Å². The van der Waals surface area contributed by atoms with Crippen molar-refractivity contribution in [3.63, 3.8) is 0 Å². The first-order valence-electron chi connectivity index (χ1n) is 12.4. The lowest BCUT2D eigenvalue weighted by Gasteiger charge is -2.29. The van der Waals surface area contributed by atoms with Crippen molar-refractivity contribution in [2.24, 2.45) is 5.92 Å². The Labute approximate surface area is 218 Å². The largest absolute Gasteiger partial charge is 0.377 e. The van der Waals surface area contributed by atoms with Gasteiger partial charge in [0.25, 0.3) is 5.91 Å². The summed E-state index contributed by atoms with van der Waals surface area (Å²) in [7, 11) is 0. The van der Waals surface area contributed by atoms with E-state index in [1.54, 1.807) is 0 Å².